The maximum atomic E-state index is 5.57. The first-order valence-corrected chi connectivity index (χ1v) is 9.32. The molecule has 1 heterocycles. The quantitative estimate of drug-likeness (QED) is 0.400. The maximum Gasteiger partial charge on any atom is 0.191 e. The van der Waals surface area contributed by atoms with Crippen molar-refractivity contribution in [3.63, 3.8) is 0 Å². The predicted octanol–water partition coefficient (Wildman–Crippen LogP) is 4.24. The molecule has 132 valence electrons. The van der Waals surface area contributed by atoms with Crippen LogP contribution in [0.1, 0.15) is 49.7 Å². The molecule has 1 saturated carbocycles. The summed E-state index contributed by atoms with van der Waals surface area (Å²) in [6, 6.07) is 2.63. The van der Waals surface area contributed by atoms with Crippen LogP contribution in [0.2, 0.25) is 0 Å². The van der Waals surface area contributed by atoms with Crippen LogP contribution < -0.4 is 10.6 Å². The number of nitrogens with one attached hydrogen (secondary N) is 2. The van der Waals surface area contributed by atoms with Gasteiger partial charge in [0.2, 0.25) is 0 Å². The Bertz CT molecular complexity index is 502. The molecule has 2 atom stereocenters. The number of furan rings is 1. The second kappa shape index (κ2) is 10.5. The number of nitrogens with zero attached hydrogens (tertiary/aromatic N) is 1. The van der Waals surface area contributed by atoms with Crippen molar-refractivity contribution >= 4 is 41.7 Å². The molecule has 1 aliphatic rings. The first-order chi connectivity index (χ1) is 10.6. The fourth-order valence-electron chi connectivity index (χ4n) is 3.09. The van der Waals surface area contributed by atoms with Crippen molar-refractivity contribution in [2.24, 2.45) is 4.99 Å². The van der Waals surface area contributed by atoms with E-state index in [1.165, 1.54) is 37.0 Å². The molecule has 2 N–H and O–H groups in total. The zero-order chi connectivity index (χ0) is 15.9. The summed E-state index contributed by atoms with van der Waals surface area (Å²) in [5.74, 6) is 4.05. The molecule has 2 rings (SSSR count). The van der Waals surface area contributed by atoms with Crippen LogP contribution in [0.25, 0.3) is 0 Å². The lowest BCUT2D eigenvalue weighted by molar-refractivity contribution is 0.418. The van der Waals surface area contributed by atoms with E-state index in [1.54, 1.807) is 0 Å². The summed E-state index contributed by atoms with van der Waals surface area (Å²) >= 11 is 2.09. The van der Waals surface area contributed by atoms with E-state index >= 15 is 0 Å². The van der Waals surface area contributed by atoms with Crippen LogP contribution in [0.15, 0.2) is 15.5 Å². The van der Waals surface area contributed by atoms with Crippen molar-refractivity contribution in [3.05, 3.63) is 23.2 Å². The molecule has 0 radical (unpaired) electrons. The molecule has 23 heavy (non-hydrogen) atoms. The number of hydrogen-bond acceptors (Lipinski definition) is 3. The molecule has 0 saturated heterocycles. The predicted molar refractivity (Wildman–Crippen MR) is 111 cm³/mol. The van der Waals surface area contributed by atoms with Crippen LogP contribution in [0.5, 0.6) is 0 Å². The van der Waals surface area contributed by atoms with Gasteiger partial charge in [-0.25, -0.2) is 0 Å². The van der Waals surface area contributed by atoms with Gasteiger partial charge >= 0.3 is 0 Å². The van der Waals surface area contributed by atoms with Gasteiger partial charge in [0.1, 0.15) is 11.5 Å². The molecule has 0 spiro atoms. The minimum atomic E-state index is 0. The van der Waals surface area contributed by atoms with Crippen LogP contribution in [-0.2, 0) is 6.54 Å². The highest BCUT2D eigenvalue weighted by atomic mass is 127. The fraction of sp³-hybridized carbons (Fsp3) is 0.706. The number of aryl methyl sites for hydroxylation is 2. The first-order valence-electron chi connectivity index (χ1n) is 8.27. The highest BCUT2D eigenvalue weighted by molar-refractivity contribution is 14.0. The molecule has 0 amide bonds. The van der Waals surface area contributed by atoms with E-state index in [0.29, 0.717) is 6.04 Å². The summed E-state index contributed by atoms with van der Waals surface area (Å²) in [6.07, 6.45) is 5.15. The Labute approximate surface area is 161 Å². The Morgan fingerprint density at radius 1 is 1.39 bits per heavy atom. The van der Waals surface area contributed by atoms with Crippen molar-refractivity contribution in [2.45, 2.75) is 64.3 Å². The van der Waals surface area contributed by atoms with Crippen molar-refractivity contribution < 1.29 is 4.42 Å². The molecule has 6 heteroatoms. The number of thioether (sulfide) groups is 1. The van der Waals surface area contributed by atoms with Gasteiger partial charge in [-0.3, -0.25) is 4.99 Å². The summed E-state index contributed by atoms with van der Waals surface area (Å²) < 4.78 is 5.57. The second-order valence-corrected chi connectivity index (χ2v) is 7.53. The summed E-state index contributed by atoms with van der Waals surface area (Å²) in [6.45, 7) is 6.99. The van der Waals surface area contributed by atoms with E-state index in [0.717, 1.165) is 29.3 Å². The Hall–Kier alpha value is -0.370. The third-order valence-corrected chi connectivity index (χ3v) is 5.42. The zero-order valence-electron chi connectivity index (χ0n) is 14.6. The van der Waals surface area contributed by atoms with Crippen LogP contribution in [0.4, 0.5) is 0 Å². The zero-order valence-corrected chi connectivity index (χ0v) is 17.8. The first kappa shape index (κ1) is 20.7. The average molecular weight is 451 g/mol. The van der Waals surface area contributed by atoms with Gasteiger partial charge in [0, 0.05) is 30.4 Å². The van der Waals surface area contributed by atoms with E-state index in [2.05, 4.69) is 40.4 Å². The van der Waals surface area contributed by atoms with Crippen molar-refractivity contribution in [1.82, 2.24) is 10.6 Å². The number of halogens is 1. The van der Waals surface area contributed by atoms with Gasteiger partial charge in [-0.2, -0.15) is 11.8 Å². The number of guanidine groups is 1. The summed E-state index contributed by atoms with van der Waals surface area (Å²) in [4.78, 5) is 4.36. The fourth-order valence-corrected chi connectivity index (χ4v) is 4.26. The van der Waals surface area contributed by atoms with Gasteiger partial charge in [0.05, 0.1) is 0 Å². The van der Waals surface area contributed by atoms with Gasteiger partial charge in [-0.1, -0.05) is 13.3 Å². The van der Waals surface area contributed by atoms with Gasteiger partial charge in [-0.15, -0.1) is 24.0 Å². The summed E-state index contributed by atoms with van der Waals surface area (Å²) in [5, 5.41) is 7.79. The Morgan fingerprint density at radius 2 is 2.17 bits per heavy atom. The number of hydrogen-bond donors (Lipinski definition) is 2. The van der Waals surface area contributed by atoms with Crippen LogP contribution in [0, 0.1) is 13.8 Å². The molecule has 0 bridgehead atoms. The van der Waals surface area contributed by atoms with Crippen LogP contribution >= 0.6 is 35.7 Å². The maximum absolute atomic E-state index is 5.57. The Kier molecular flexibility index (Phi) is 9.43. The Morgan fingerprint density at radius 3 is 2.78 bits per heavy atom. The van der Waals surface area contributed by atoms with E-state index in [4.69, 9.17) is 4.42 Å². The van der Waals surface area contributed by atoms with Gasteiger partial charge < -0.3 is 15.1 Å². The van der Waals surface area contributed by atoms with E-state index in [1.807, 2.05) is 20.9 Å². The van der Waals surface area contributed by atoms with Gasteiger partial charge in [0.15, 0.2) is 5.96 Å². The van der Waals surface area contributed by atoms with E-state index in [9.17, 15) is 0 Å². The van der Waals surface area contributed by atoms with Crippen molar-refractivity contribution in [3.8, 4) is 0 Å². The normalized spacial score (nSPS) is 21.7. The molecule has 2 unspecified atom stereocenters. The van der Waals surface area contributed by atoms with Gasteiger partial charge in [-0.05, 0) is 44.9 Å². The topological polar surface area (TPSA) is 49.6 Å². The third kappa shape index (κ3) is 6.57. The molecular weight excluding hydrogens is 421 g/mol. The minimum Gasteiger partial charge on any atom is -0.466 e. The highest BCUT2D eigenvalue weighted by Crippen LogP contribution is 2.28. The second-order valence-electron chi connectivity index (χ2n) is 5.95. The molecule has 1 aromatic heterocycles. The lowest BCUT2D eigenvalue weighted by Crippen LogP contribution is -2.45. The monoisotopic (exact) mass is 451 g/mol. The molecular formula is C17H30IN3OS. The third-order valence-electron chi connectivity index (χ3n) is 4.18. The number of rotatable bonds is 5. The smallest absolute Gasteiger partial charge is 0.191 e. The molecule has 0 aliphatic heterocycles. The van der Waals surface area contributed by atoms with Crippen LogP contribution in [0.3, 0.4) is 0 Å². The lowest BCUT2D eigenvalue weighted by atomic mass is 9.95. The van der Waals surface area contributed by atoms with Gasteiger partial charge in [0.25, 0.3) is 0 Å². The molecule has 4 nitrogen and oxygen atoms in total. The SMILES string of the molecule is CCSC1CCCC(NC(=NC)NCc2cc(C)oc2C)C1.I. The molecule has 0 aromatic carbocycles. The van der Waals surface area contributed by atoms with E-state index in [-0.39, 0.29) is 24.0 Å². The standard InChI is InChI=1S/C17H29N3OS.HI/c1-5-22-16-8-6-7-15(10-16)20-17(18-4)19-11-14-9-12(2)21-13(14)3;/h9,15-16H,5-8,10-11H2,1-4H3,(H2,18,19,20);1H. The Balaban J connectivity index is 0.00000264. The number of aliphatic imine (C=N–C) groups is 1. The van der Waals surface area contributed by atoms with Crippen molar-refractivity contribution in [2.75, 3.05) is 12.8 Å². The van der Waals surface area contributed by atoms with Crippen LogP contribution in [-0.4, -0.2) is 30.1 Å². The van der Waals surface area contributed by atoms with E-state index < -0.39 is 0 Å². The lowest BCUT2D eigenvalue weighted by Gasteiger charge is -2.30. The summed E-state index contributed by atoms with van der Waals surface area (Å²) in [5.41, 5.74) is 1.20. The largest absolute Gasteiger partial charge is 0.466 e. The van der Waals surface area contributed by atoms with Crippen molar-refractivity contribution in [1.29, 1.82) is 0 Å². The minimum absolute atomic E-state index is 0. The average Bonchev–Trinajstić information content (AvgIpc) is 2.82. The molecule has 1 fully saturated rings. The molecule has 1 aliphatic carbocycles. The molecule has 1 aromatic rings. The summed E-state index contributed by atoms with van der Waals surface area (Å²) in [7, 11) is 1.84. The highest BCUT2D eigenvalue weighted by Gasteiger charge is 2.22.